The van der Waals surface area contributed by atoms with Crippen molar-refractivity contribution in [2.24, 2.45) is 0 Å². The number of carbonyl (C=O) groups is 4. The highest BCUT2D eigenvalue weighted by molar-refractivity contribution is 5.91. The molecule has 20 nitrogen and oxygen atoms in total. The van der Waals surface area contributed by atoms with Crippen molar-refractivity contribution in [1.29, 1.82) is 0 Å². The molecule has 0 saturated carbocycles. The van der Waals surface area contributed by atoms with Gasteiger partial charge in [-0.05, 0) is 88.8 Å². The van der Waals surface area contributed by atoms with Gasteiger partial charge in [-0.2, -0.15) is 0 Å². The van der Waals surface area contributed by atoms with Crippen LogP contribution in [0.1, 0.15) is 78.3 Å². The first kappa shape index (κ1) is 74.0. The molecule has 540 valence electrons. The van der Waals surface area contributed by atoms with Crippen molar-refractivity contribution in [3.05, 3.63) is 317 Å². The molecule has 1 N–H and O–H groups in total. The second-order valence-corrected chi connectivity index (χ2v) is 25.4. The van der Waals surface area contributed by atoms with E-state index in [0.717, 1.165) is 33.4 Å². The maximum Gasteiger partial charge on any atom is 0.338 e. The van der Waals surface area contributed by atoms with Crippen molar-refractivity contribution in [3.8, 4) is 5.75 Å². The van der Waals surface area contributed by atoms with E-state index in [1.165, 1.54) is 6.92 Å². The average Bonchev–Trinajstić information content (AvgIpc) is 0.759. The summed E-state index contributed by atoms with van der Waals surface area (Å²) >= 11 is 0. The minimum Gasteiger partial charge on any atom is -0.497 e. The number of esters is 3. The van der Waals surface area contributed by atoms with Crippen LogP contribution in [0.4, 0.5) is 0 Å². The summed E-state index contributed by atoms with van der Waals surface area (Å²) in [5.74, 6) is -2.37. The van der Waals surface area contributed by atoms with Gasteiger partial charge in [-0.25, -0.2) is 14.4 Å². The van der Waals surface area contributed by atoms with Crippen molar-refractivity contribution in [1.82, 2.24) is 5.32 Å². The molecule has 0 aliphatic carbocycles. The Kier molecular flexibility index (Phi) is 26.7. The molecule has 0 radical (unpaired) electrons. The van der Waals surface area contributed by atoms with Gasteiger partial charge in [0, 0.05) is 6.92 Å². The minimum atomic E-state index is -1.70. The fourth-order valence-corrected chi connectivity index (χ4v) is 12.6. The van der Waals surface area contributed by atoms with E-state index in [9.17, 15) is 19.2 Å². The summed E-state index contributed by atoms with van der Waals surface area (Å²) in [6.07, 6.45) is -17.8. The molecule has 3 aliphatic heterocycles. The van der Waals surface area contributed by atoms with Crippen LogP contribution in [0.2, 0.25) is 0 Å². The highest BCUT2D eigenvalue weighted by Crippen LogP contribution is 2.39. The molecule has 9 aromatic rings. The quantitative estimate of drug-likeness (QED) is 0.0306. The topological polar surface area (TPSA) is 219 Å². The maximum absolute atomic E-state index is 14.8. The van der Waals surface area contributed by atoms with Gasteiger partial charge < -0.3 is 76.4 Å². The van der Waals surface area contributed by atoms with Gasteiger partial charge in [0.05, 0.1) is 76.2 Å². The summed E-state index contributed by atoms with van der Waals surface area (Å²) in [6, 6.07) is 78.8. The normalized spacial score (nSPS) is 24.5. The summed E-state index contributed by atoms with van der Waals surface area (Å²) in [6.45, 7) is 2.77. The van der Waals surface area contributed by atoms with E-state index in [1.54, 1.807) is 98.1 Å². The summed E-state index contributed by atoms with van der Waals surface area (Å²) in [7, 11) is 1.61. The Hall–Kier alpha value is -9.78. The lowest BCUT2D eigenvalue weighted by Crippen LogP contribution is -2.70. The van der Waals surface area contributed by atoms with E-state index in [1.807, 2.05) is 183 Å². The van der Waals surface area contributed by atoms with Gasteiger partial charge in [-0.3, -0.25) is 4.79 Å². The SMILES string of the molecule is COc1ccc(CO[C@@H]2O[C@@H](C)[C@H](OCc3ccccc3)[C@@H](O[C@@H]3O[C@H](COCc4ccccc4)[C@@H](O[C@@H]4O[C@H](COC(=O)c5ccccc5)[C@@H](OC(=O)c5ccccc5)[C@H](OC(=O)c5ccccc5)[C@@H]4NC(C)=O)[C@H](OCc4ccccc4)[C@H]3OCc3ccccc3)[C@H]2OCc2ccccc2)cc1. The van der Waals surface area contributed by atoms with E-state index in [0.29, 0.717) is 5.75 Å². The lowest BCUT2D eigenvalue weighted by molar-refractivity contribution is -0.387. The van der Waals surface area contributed by atoms with Crippen LogP contribution >= 0.6 is 0 Å². The van der Waals surface area contributed by atoms with Gasteiger partial charge in [0.25, 0.3) is 0 Å². The largest absolute Gasteiger partial charge is 0.497 e. The fourth-order valence-electron chi connectivity index (χ4n) is 12.6. The van der Waals surface area contributed by atoms with E-state index < -0.39 is 122 Å². The number of ether oxygens (including phenoxy) is 15. The van der Waals surface area contributed by atoms with Crippen LogP contribution in [0.15, 0.2) is 267 Å². The zero-order valence-electron chi connectivity index (χ0n) is 58.0. The third-order valence-electron chi connectivity index (χ3n) is 17.9. The van der Waals surface area contributed by atoms with Gasteiger partial charge >= 0.3 is 17.9 Å². The Bertz CT molecular complexity index is 4060. The van der Waals surface area contributed by atoms with Gasteiger partial charge in [-0.1, -0.05) is 218 Å². The number of benzene rings is 9. The van der Waals surface area contributed by atoms with Crippen LogP contribution in [0.25, 0.3) is 0 Å². The lowest BCUT2D eigenvalue weighted by Gasteiger charge is -2.51. The van der Waals surface area contributed by atoms with Crippen LogP contribution in [0, 0.1) is 0 Å². The van der Waals surface area contributed by atoms with E-state index >= 15 is 0 Å². The Balaban J connectivity index is 0.990. The summed E-state index contributed by atoms with van der Waals surface area (Å²) in [5.41, 5.74) is 5.46. The predicted octanol–water partition coefficient (Wildman–Crippen LogP) is 12.5. The third kappa shape index (κ3) is 20.3. The van der Waals surface area contributed by atoms with E-state index in [2.05, 4.69) is 5.32 Å². The first-order chi connectivity index (χ1) is 51.0. The number of methoxy groups -OCH3 is 1. The Labute approximate surface area is 605 Å². The van der Waals surface area contributed by atoms with Crippen LogP contribution in [-0.2, 0) is 111 Å². The summed E-state index contributed by atoms with van der Waals surface area (Å²) < 4.78 is 103. The molecule has 104 heavy (non-hydrogen) atoms. The molecule has 3 heterocycles. The van der Waals surface area contributed by atoms with Crippen molar-refractivity contribution in [2.75, 3.05) is 20.3 Å². The van der Waals surface area contributed by atoms with Gasteiger partial charge in [-0.15, -0.1) is 0 Å². The standard InChI is InChI=1S/C84H85NO19/c1-56-71(92-49-59-30-14-5-15-31-59)76(78(95-52-62-36-20-8-21-37-62)83(98-56)97-53-63-44-46-67(90-3)47-45-63)104-84-77(94-51-61-34-18-7-19-35-61)75(93-50-60-32-16-6-17-33-60)73(68(100-84)54-91-48-58-28-12-4-13-29-58)103-82-70(85-57(2)86)74(102-81(89)66-42-26-11-27-43-66)72(101-80(88)65-40-24-10-25-41-65)69(99-82)55-96-79(87)64-38-22-9-23-39-64/h4-47,56,68-78,82-84H,48-55H2,1-3H3,(H,85,86)/t56-,68+,69+,70-,71-,72+,73+,74+,75-,76+,77+,78+,82-,83+,84-/m0/s1. The smallest absolute Gasteiger partial charge is 0.338 e. The third-order valence-corrected chi connectivity index (χ3v) is 17.9. The molecule has 15 atom stereocenters. The highest BCUT2D eigenvalue weighted by atomic mass is 16.8. The lowest BCUT2D eigenvalue weighted by atomic mass is 9.94. The van der Waals surface area contributed by atoms with Crippen LogP contribution < -0.4 is 10.1 Å². The average molecular weight is 1410 g/mol. The van der Waals surface area contributed by atoms with Gasteiger partial charge in [0.15, 0.2) is 31.1 Å². The van der Waals surface area contributed by atoms with Crippen molar-refractivity contribution in [3.63, 3.8) is 0 Å². The number of nitrogens with one attached hydrogen (secondary N) is 1. The molecule has 0 spiro atoms. The van der Waals surface area contributed by atoms with Crippen molar-refractivity contribution >= 4 is 23.8 Å². The molecular formula is C84H85NO19. The molecule has 12 rings (SSSR count). The van der Waals surface area contributed by atoms with Crippen LogP contribution in [0.5, 0.6) is 5.75 Å². The molecule has 1 amide bonds. The summed E-state index contributed by atoms with van der Waals surface area (Å²) in [5, 5.41) is 2.96. The fraction of sp³-hybridized carbons (Fsp3) is 0.310. The number of amides is 1. The predicted molar refractivity (Wildman–Crippen MR) is 381 cm³/mol. The Morgan fingerprint density at radius 3 is 1.19 bits per heavy atom. The zero-order valence-corrected chi connectivity index (χ0v) is 58.0. The number of hydrogen-bond donors (Lipinski definition) is 1. The monoisotopic (exact) mass is 1410 g/mol. The van der Waals surface area contributed by atoms with Gasteiger partial charge in [0.1, 0.15) is 67.2 Å². The van der Waals surface area contributed by atoms with Gasteiger partial charge in [0.2, 0.25) is 5.91 Å². The van der Waals surface area contributed by atoms with E-state index in [-0.39, 0.29) is 62.9 Å². The van der Waals surface area contributed by atoms with E-state index in [4.69, 9.17) is 71.1 Å². The Morgan fingerprint density at radius 2 is 0.721 bits per heavy atom. The Morgan fingerprint density at radius 1 is 0.346 bits per heavy atom. The second-order valence-electron chi connectivity index (χ2n) is 25.4. The molecular weight excluding hydrogens is 1330 g/mol. The molecule has 0 bridgehead atoms. The first-order valence-electron chi connectivity index (χ1n) is 34.8. The zero-order chi connectivity index (χ0) is 71.8. The molecule has 3 fully saturated rings. The number of carbonyl (C=O) groups excluding carboxylic acids is 4. The first-order valence-corrected chi connectivity index (χ1v) is 34.8. The summed E-state index contributed by atoms with van der Waals surface area (Å²) in [4.78, 5) is 57.4. The van der Waals surface area contributed by atoms with Crippen molar-refractivity contribution in [2.45, 2.75) is 146 Å². The maximum atomic E-state index is 14.8. The molecule has 0 aromatic heterocycles. The molecule has 3 saturated heterocycles. The number of hydrogen-bond acceptors (Lipinski definition) is 19. The van der Waals surface area contributed by atoms with Crippen molar-refractivity contribution < 1.29 is 90.2 Å². The molecule has 20 heteroatoms. The second kappa shape index (κ2) is 37.6. The van der Waals surface area contributed by atoms with Crippen LogP contribution in [-0.4, -0.2) is 136 Å². The number of rotatable bonds is 32. The molecule has 3 aliphatic rings. The molecule has 9 aromatic carbocycles. The van der Waals surface area contributed by atoms with Crippen LogP contribution in [0.3, 0.4) is 0 Å². The molecule has 0 unspecified atom stereocenters. The highest BCUT2D eigenvalue weighted by Gasteiger charge is 2.58. The minimum absolute atomic E-state index is 0.0171.